The molecule has 1 heterocycles. The van der Waals surface area contributed by atoms with E-state index >= 15 is 0 Å². The molecular weight excluding hydrogens is 432 g/mol. The summed E-state index contributed by atoms with van der Waals surface area (Å²) in [5.41, 5.74) is 4.16. The first-order valence-corrected chi connectivity index (χ1v) is 11.3. The van der Waals surface area contributed by atoms with Crippen LogP contribution in [0.2, 0.25) is 5.02 Å². The van der Waals surface area contributed by atoms with Crippen LogP contribution in [-0.2, 0) is 21.5 Å². The maximum absolute atomic E-state index is 13.7. The second-order valence-corrected chi connectivity index (χ2v) is 9.75. The van der Waals surface area contributed by atoms with E-state index in [-0.39, 0.29) is 17.2 Å². The molecule has 0 spiro atoms. The molecule has 4 rings (SSSR count). The van der Waals surface area contributed by atoms with E-state index in [1.807, 2.05) is 66.5 Å². The van der Waals surface area contributed by atoms with Crippen LogP contribution in [0.1, 0.15) is 37.5 Å². The first kappa shape index (κ1) is 22.8. The zero-order valence-electron chi connectivity index (χ0n) is 19.3. The molecule has 5 heteroatoms. The maximum Gasteiger partial charge on any atom is 0.282 e. The Morgan fingerprint density at radius 1 is 0.818 bits per heavy atom. The Labute approximate surface area is 200 Å². The van der Waals surface area contributed by atoms with Crippen molar-refractivity contribution in [1.29, 1.82) is 0 Å². The van der Waals surface area contributed by atoms with Crippen molar-refractivity contribution in [2.75, 3.05) is 11.9 Å². The van der Waals surface area contributed by atoms with Gasteiger partial charge in [0.1, 0.15) is 5.70 Å². The van der Waals surface area contributed by atoms with Gasteiger partial charge in [0.05, 0.1) is 11.3 Å². The second-order valence-electron chi connectivity index (χ2n) is 9.31. The Bertz CT molecular complexity index is 1210. The van der Waals surface area contributed by atoms with Crippen molar-refractivity contribution < 1.29 is 9.59 Å². The van der Waals surface area contributed by atoms with Crippen molar-refractivity contribution in [3.05, 3.63) is 106 Å². The van der Waals surface area contributed by atoms with Gasteiger partial charge in [-0.05, 0) is 46.4 Å². The van der Waals surface area contributed by atoms with Crippen LogP contribution >= 0.6 is 11.6 Å². The van der Waals surface area contributed by atoms with E-state index in [2.05, 4.69) is 20.8 Å². The molecule has 1 aliphatic rings. The number of halogens is 1. The molecule has 3 aromatic rings. The summed E-state index contributed by atoms with van der Waals surface area (Å²) in [7, 11) is 1.84. The molecule has 0 aromatic heterocycles. The van der Waals surface area contributed by atoms with E-state index in [1.54, 1.807) is 24.3 Å². The van der Waals surface area contributed by atoms with Crippen LogP contribution < -0.4 is 4.90 Å². The van der Waals surface area contributed by atoms with Gasteiger partial charge in [0.2, 0.25) is 0 Å². The molecule has 3 aromatic carbocycles. The third-order valence-electron chi connectivity index (χ3n) is 5.83. The van der Waals surface area contributed by atoms with Crippen molar-refractivity contribution in [2.45, 2.75) is 32.7 Å². The summed E-state index contributed by atoms with van der Waals surface area (Å²) in [5, 5.41) is 0.574. The minimum atomic E-state index is -0.333. The highest BCUT2D eigenvalue weighted by atomic mass is 35.5. The van der Waals surface area contributed by atoms with Crippen molar-refractivity contribution in [3.63, 3.8) is 0 Å². The molecular formula is C28H27ClN2O2. The fourth-order valence-electron chi connectivity index (χ4n) is 4.03. The molecule has 33 heavy (non-hydrogen) atoms. The van der Waals surface area contributed by atoms with Gasteiger partial charge in [-0.15, -0.1) is 0 Å². The number of rotatable bonds is 5. The summed E-state index contributed by atoms with van der Waals surface area (Å²) < 4.78 is 0. The third-order valence-corrected chi connectivity index (χ3v) is 6.08. The summed E-state index contributed by atoms with van der Waals surface area (Å²) in [6.07, 6.45) is 0. The largest absolute Gasteiger partial charge is 0.365 e. The van der Waals surface area contributed by atoms with E-state index in [1.165, 1.54) is 4.90 Å². The fourth-order valence-corrected chi connectivity index (χ4v) is 4.16. The van der Waals surface area contributed by atoms with Crippen LogP contribution in [-0.4, -0.2) is 23.8 Å². The maximum atomic E-state index is 13.7. The number of imide groups is 1. The fraction of sp³-hybridized carbons (Fsp3) is 0.214. The topological polar surface area (TPSA) is 40.6 Å². The second kappa shape index (κ2) is 8.87. The third kappa shape index (κ3) is 4.57. The lowest BCUT2D eigenvalue weighted by molar-refractivity contribution is -0.120. The highest BCUT2D eigenvalue weighted by molar-refractivity contribution is 6.45. The molecule has 0 radical (unpaired) electrons. The average molecular weight is 459 g/mol. The monoisotopic (exact) mass is 458 g/mol. The number of nitrogens with zero attached hydrogens (tertiary/aromatic N) is 2. The van der Waals surface area contributed by atoms with Crippen LogP contribution in [0.15, 0.2) is 84.6 Å². The molecule has 0 saturated carbocycles. The van der Waals surface area contributed by atoms with Crippen LogP contribution in [0.4, 0.5) is 5.69 Å². The summed E-state index contributed by atoms with van der Waals surface area (Å²) >= 11 is 6.08. The summed E-state index contributed by atoms with van der Waals surface area (Å²) in [6.45, 7) is 6.89. The normalized spacial score (nSPS) is 14.3. The molecule has 0 N–H and O–H groups in total. The van der Waals surface area contributed by atoms with Gasteiger partial charge >= 0.3 is 0 Å². The molecule has 0 unspecified atom stereocenters. The Morgan fingerprint density at radius 3 is 2.00 bits per heavy atom. The van der Waals surface area contributed by atoms with Crippen molar-refractivity contribution >= 4 is 34.7 Å². The van der Waals surface area contributed by atoms with Gasteiger partial charge in [0, 0.05) is 18.6 Å². The van der Waals surface area contributed by atoms with Crippen LogP contribution in [0.3, 0.4) is 0 Å². The molecule has 0 bridgehead atoms. The first-order valence-electron chi connectivity index (χ1n) is 10.9. The summed E-state index contributed by atoms with van der Waals surface area (Å²) in [4.78, 5) is 30.4. The van der Waals surface area contributed by atoms with Gasteiger partial charge in [0.15, 0.2) is 0 Å². The number of carbonyl (C=O) groups excluding carboxylic acids is 2. The zero-order chi connectivity index (χ0) is 23.8. The van der Waals surface area contributed by atoms with Crippen molar-refractivity contribution in [1.82, 2.24) is 4.90 Å². The molecule has 1 aliphatic heterocycles. The van der Waals surface area contributed by atoms with Crippen LogP contribution in [0.25, 0.3) is 5.57 Å². The zero-order valence-corrected chi connectivity index (χ0v) is 20.1. The molecule has 0 fully saturated rings. The van der Waals surface area contributed by atoms with Gasteiger partial charge in [-0.25, -0.2) is 4.90 Å². The Balaban J connectivity index is 1.76. The van der Waals surface area contributed by atoms with Gasteiger partial charge in [-0.1, -0.05) is 87.0 Å². The highest BCUT2D eigenvalue weighted by Gasteiger charge is 2.41. The first-order chi connectivity index (χ1) is 15.7. The van der Waals surface area contributed by atoms with Crippen molar-refractivity contribution in [2.24, 2.45) is 0 Å². The summed E-state index contributed by atoms with van der Waals surface area (Å²) in [5.74, 6) is -0.660. The standard InChI is InChI=1S/C28H27ClN2O2/c1-28(2,3)21-12-16-23(17-13-21)31-26(32)24(20-10-14-22(29)15-11-20)25(27(31)33)30(4)18-19-8-6-5-7-9-19/h5-17H,18H2,1-4H3. The minimum Gasteiger partial charge on any atom is -0.365 e. The van der Waals surface area contributed by atoms with E-state index < -0.39 is 0 Å². The molecule has 168 valence electrons. The van der Waals surface area contributed by atoms with Gasteiger partial charge in [-0.2, -0.15) is 0 Å². The van der Waals surface area contributed by atoms with E-state index in [4.69, 9.17) is 11.6 Å². The quantitative estimate of drug-likeness (QED) is 0.437. The average Bonchev–Trinajstić information content (AvgIpc) is 3.04. The SMILES string of the molecule is CN(Cc1ccccc1)C1=C(c2ccc(Cl)cc2)C(=O)N(c2ccc(C(C)(C)C)cc2)C1=O. The van der Waals surface area contributed by atoms with Gasteiger partial charge in [0.25, 0.3) is 11.8 Å². The number of benzene rings is 3. The predicted octanol–water partition coefficient (Wildman–Crippen LogP) is 6.05. The summed E-state index contributed by atoms with van der Waals surface area (Å²) in [6, 6.07) is 24.6. The smallest absolute Gasteiger partial charge is 0.282 e. The number of amides is 2. The lowest BCUT2D eigenvalue weighted by Crippen LogP contribution is -2.34. The van der Waals surface area contributed by atoms with Crippen LogP contribution in [0, 0.1) is 0 Å². The van der Waals surface area contributed by atoms with Gasteiger partial charge in [-0.3, -0.25) is 9.59 Å². The minimum absolute atomic E-state index is 0.0225. The molecule has 0 saturated heterocycles. The van der Waals surface area contributed by atoms with E-state index in [9.17, 15) is 9.59 Å². The highest BCUT2D eigenvalue weighted by Crippen LogP contribution is 2.36. The Kier molecular flexibility index (Phi) is 6.13. The molecule has 2 amide bonds. The Morgan fingerprint density at radius 2 is 1.42 bits per heavy atom. The molecule has 0 aliphatic carbocycles. The number of anilines is 1. The number of hydrogen-bond acceptors (Lipinski definition) is 3. The van der Waals surface area contributed by atoms with Gasteiger partial charge < -0.3 is 4.90 Å². The molecule has 0 atom stereocenters. The van der Waals surface area contributed by atoms with E-state index in [0.717, 1.165) is 11.1 Å². The number of carbonyl (C=O) groups is 2. The lowest BCUT2D eigenvalue weighted by atomic mass is 9.87. The van der Waals surface area contributed by atoms with Crippen LogP contribution in [0.5, 0.6) is 0 Å². The Hall–Kier alpha value is -3.37. The van der Waals surface area contributed by atoms with E-state index in [0.29, 0.717) is 34.1 Å². The predicted molar refractivity (Wildman–Crippen MR) is 134 cm³/mol. The molecule has 4 nitrogen and oxygen atoms in total. The number of hydrogen-bond donors (Lipinski definition) is 0. The lowest BCUT2D eigenvalue weighted by Gasteiger charge is -2.23. The van der Waals surface area contributed by atoms with Crippen molar-refractivity contribution in [3.8, 4) is 0 Å². The number of likely N-dealkylation sites (N-methyl/N-ethyl adjacent to an activating group) is 1.